The third-order valence-electron chi connectivity index (χ3n) is 6.13. The van der Waals surface area contributed by atoms with E-state index in [9.17, 15) is 4.79 Å². The Kier molecular flexibility index (Phi) is 7.01. The average Bonchev–Trinajstić information content (AvgIpc) is 2.99. The van der Waals surface area contributed by atoms with E-state index >= 15 is 0 Å². The second-order valence-corrected chi connectivity index (χ2v) is 8.39. The maximum Gasteiger partial charge on any atom is 0.251 e. The Morgan fingerprint density at radius 3 is 2.28 bits per heavy atom. The van der Waals surface area contributed by atoms with E-state index in [2.05, 4.69) is 45.6 Å². The predicted octanol–water partition coefficient (Wildman–Crippen LogP) is 4.07. The van der Waals surface area contributed by atoms with Gasteiger partial charge in [0.25, 0.3) is 5.91 Å². The maximum absolute atomic E-state index is 12.5. The van der Waals surface area contributed by atoms with Crippen molar-refractivity contribution in [3.8, 4) is 11.1 Å². The summed E-state index contributed by atoms with van der Waals surface area (Å²) >= 11 is 0. The summed E-state index contributed by atoms with van der Waals surface area (Å²) in [5.41, 5.74) is 12.1. The first-order valence-corrected chi connectivity index (χ1v) is 11.0. The summed E-state index contributed by atoms with van der Waals surface area (Å²) in [5, 5.41) is 0. The summed E-state index contributed by atoms with van der Waals surface area (Å²) < 4.78 is 2.35. The van der Waals surface area contributed by atoms with Gasteiger partial charge in [-0.1, -0.05) is 31.9 Å². The number of benzene rings is 1. The van der Waals surface area contributed by atoms with Gasteiger partial charge >= 0.3 is 0 Å². The number of hydrogen-bond donors (Lipinski definition) is 1. The molecule has 2 heterocycles. The van der Waals surface area contributed by atoms with E-state index in [0.29, 0.717) is 5.56 Å². The minimum absolute atomic E-state index is 0.330. The van der Waals surface area contributed by atoms with Gasteiger partial charge < -0.3 is 20.1 Å². The minimum Gasteiger partial charge on any atom is -0.378 e. The highest BCUT2D eigenvalue weighted by Crippen LogP contribution is 2.34. The highest BCUT2D eigenvalue weighted by atomic mass is 16.1. The molecule has 0 aliphatic carbocycles. The third kappa shape index (κ3) is 4.67. The van der Waals surface area contributed by atoms with Gasteiger partial charge in [0.15, 0.2) is 0 Å². The second-order valence-electron chi connectivity index (χ2n) is 8.39. The van der Waals surface area contributed by atoms with Gasteiger partial charge in [-0.25, -0.2) is 0 Å². The largest absolute Gasteiger partial charge is 0.378 e. The molecule has 1 fully saturated rings. The first-order chi connectivity index (χ1) is 13.9. The molecule has 1 aromatic carbocycles. The molecular weight excluding hydrogens is 360 g/mol. The van der Waals surface area contributed by atoms with Gasteiger partial charge in [-0.2, -0.15) is 0 Å². The van der Waals surface area contributed by atoms with Crippen molar-refractivity contribution in [2.45, 2.75) is 52.5 Å². The molecule has 1 amide bonds. The Morgan fingerprint density at radius 1 is 1.07 bits per heavy atom. The molecule has 1 aliphatic heterocycles. The highest BCUT2D eigenvalue weighted by Gasteiger charge is 2.24. The zero-order chi connectivity index (χ0) is 21.0. The molecule has 0 spiro atoms. The number of piperidine rings is 1. The second kappa shape index (κ2) is 9.49. The van der Waals surface area contributed by atoms with Gasteiger partial charge in [0.1, 0.15) is 0 Å². The number of anilines is 1. The molecular formula is C24H36N4O. The van der Waals surface area contributed by atoms with Crippen LogP contribution in [-0.2, 0) is 13.0 Å². The molecule has 0 saturated carbocycles. The molecule has 0 bridgehead atoms. The molecule has 29 heavy (non-hydrogen) atoms. The lowest BCUT2D eigenvalue weighted by Crippen LogP contribution is -2.33. The molecule has 1 saturated heterocycles. The number of primary amides is 1. The number of hydrogen-bond acceptors (Lipinski definition) is 3. The van der Waals surface area contributed by atoms with E-state index in [-0.39, 0.29) is 5.91 Å². The minimum atomic E-state index is -0.330. The Balaban J connectivity index is 2.02. The molecule has 0 unspecified atom stereocenters. The smallest absolute Gasteiger partial charge is 0.251 e. The number of rotatable bonds is 8. The fourth-order valence-electron chi connectivity index (χ4n) is 4.56. The number of likely N-dealkylation sites (tertiary alicyclic amines) is 1. The standard InChI is InChI=1S/C24H36N4O/c1-5-9-21-23(19-10-12-20(13-11-19)26(3)4)22(24(25)29)18(2)28(21)17-16-27-14-7-6-8-15-27/h10-13H,5-9,14-17H2,1-4H3,(H2,25,29). The molecule has 3 rings (SSSR count). The van der Waals surface area contributed by atoms with Crippen LogP contribution in [0.2, 0.25) is 0 Å². The first kappa shape index (κ1) is 21.4. The van der Waals surface area contributed by atoms with Gasteiger partial charge in [-0.05, 0) is 57.0 Å². The summed E-state index contributed by atoms with van der Waals surface area (Å²) in [6.45, 7) is 8.56. The molecule has 1 aliphatic rings. The van der Waals surface area contributed by atoms with E-state index in [4.69, 9.17) is 5.73 Å². The van der Waals surface area contributed by atoms with Crippen molar-refractivity contribution >= 4 is 11.6 Å². The van der Waals surface area contributed by atoms with Crippen molar-refractivity contribution in [1.29, 1.82) is 0 Å². The van der Waals surface area contributed by atoms with Crippen molar-refractivity contribution in [2.75, 3.05) is 38.6 Å². The lowest BCUT2D eigenvalue weighted by Gasteiger charge is -2.27. The van der Waals surface area contributed by atoms with E-state index in [1.165, 1.54) is 38.0 Å². The van der Waals surface area contributed by atoms with Crippen LogP contribution in [0.3, 0.4) is 0 Å². The van der Waals surface area contributed by atoms with Crippen LogP contribution >= 0.6 is 0 Å². The summed E-state index contributed by atoms with van der Waals surface area (Å²) in [4.78, 5) is 17.1. The lowest BCUT2D eigenvalue weighted by atomic mass is 9.97. The van der Waals surface area contributed by atoms with Gasteiger partial charge in [-0.15, -0.1) is 0 Å². The third-order valence-corrected chi connectivity index (χ3v) is 6.13. The Bertz CT molecular complexity index is 830. The zero-order valence-electron chi connectivity index (χ0n) is 18.5. The van der Waals surface area contributed by atoms with Gasteiger partial charge in [0, 0.05) is 49.8 Å². The Hall–Kier alpha value is -2.27. The fraction of sp³-hybridized carbons (Fsp3) is 0.542. The van der Waals surface area contributed by atoms with Crippen molar-refractivity contribution < 1.29 is 4.79 Å². The quantitative estimate of drug-likeness (QED) is 0.732. The number of carbonyl (C=O) groups is 1. The number of nitrogens with zero attached hydrogens (tertiary/aromatic N) is 3. The molecule has 2 N–H and O–H groups in total. The van der Waals surface area contributed by atoms with Gasteiger partial charge in [0.2, 0.25) is 0 Å². The molecule has 1 aromatic heterocycles. The van der Waals surface area contributed by atoms with E-state index in [1.807, 2.05) is 21.0 Å². The molecule has 0 radical (unpaired) electrons. The Morgan fingerprint density at radius 2 is 1.72 bits per heavy atom. The van der Waals surface area contributed by atoms with Crippen molar-refractivity contribution in [2.24, 2.45) is 5.73 Å². The SMILES string of the molecule is CCCc1c(-c2ccc(N(C)C)cc2)c(C(N)=O)c(C)n1CCN1CCCCC1. The van der Waals surface area contributed by atoms with Crippen LogP contribution in [0.15, 0.2) is 24.3 Å². The number of amides is 1. The van der Waals surface area contributed by atoms with Crippen LogP contribution in [-0.4, -0.2) is 49.1 Å². The van der Waals surface area contributed by atoms with Crippen LogP contribution in [0.1, 0.15) is 54.4 Å². The van der Waals surface area contributed by atoms with Gasteiger partial charge in [0.05, 0.1) is 5.56 Å². The summed E-state index contributed by atoms with van der Waals surface area (Å²) in [5.74, 6) is -0.330. The number of nitrogens with two attached hydrogens (primary N) is 1. The van der Waals surface area contributed by atoms with Crippen LogP contribution in [0.4, 0.5) is 5.69 Å². The molecule has 2 aromatic rings. The van der Waals surface area contributed by atoms with Crippen LogP contribution in [0, 0.1) is 6.92 Å². The van der Waals surface area contributed by atoms with Crippen LogP contribution in [0.25, 0.3) is 11.1 Å². The molecule has 5 nitrogen and oxygen atoms in total. The van der Waals surface area contributed by atoms with Gasteiger partial charge in [-0.3, -0.25) is 4.79 Å². The average molecular weight is 397 g/mol. The molecule has 0 atom stereocenters. The van der Waals surface area contributed by atoms with Crippen molar-refractivity contribution in [1.82, 2.24) is 9.47 Å². The maximum atomic E-state index is 12.5. The highest BCUT2D eigenvalue weighted by molar-refractivity contribution is 6.02. The Labute approximate surface area is 175 Å². The number of aromatic nitrogens is 1. The summed E-state index contributed by atoms with van der Waals surface area (Å²) in [7, 11) is 4.07. The fourth-order valence-corrected chi connectivity index (χ4v) is 4.56. The van der Waals surface area contributed by atoms with E-state index in [0.717, 1.165) is 48.4 Å². The topological polar surface area (TPSA) is 54.5 Å². The zero-order valence-corrected chi connectivity index (χ0v) is 18.5. The lowest BCUT2D eigenvalue weighted by molar-refractivity contribution is 0.1000. The van der Waals surface area contributed by atoms with E-state index < -0.39 is 0 Å². The van der Waals surface area contributed by atoms with Crippen molar-refractivity contribution in [3.05, 3.63) is 41.2 Å². The van der Waals surface area contributed by atoms with E-state index in [1.54, 1.807) is 0 Å². The van der Waals surface area contributed by atoms with Crippen LogP contribution < -0.4 is 10.6 Å². The predicted molar refractivity (Wildman–Crippen MR) is 122 cm³/mol. The molecule has 5 heteroatoms. The van der Waals surface area contributed by atoms with Crippen LogP contribution in [0.5, 0.6) is 0 Å². The summed E-state index contributed by atoms with van der Waals surface area (Å²) in [6, 6.07) is 8.45. The summed E-state index contributed by atoms with van der Waals surface area (Å²) in [6.07, 6.45) is 5.91. The number of carbonyl (C=O) groups excluding carboxylic acids is 1. The molecule has 158 valence electrons. The first-order valence-electron chi connectivity index (χ1n) is 11.0. The normalized spacial score (nSPS) is 14.9. The van der Waals surface area contributed by atoms with Crippen molar-refractivity contribution in [3.63, 3.8) is 0 Å². The monoisotopic (exact) mass is 396 g/mol.